The number of tetrazole rings is 1. The Balaban J connectivity index is 1.53. The normalized spacial score (nSPS) is 40.1. The predicted molar refractivity (Wildman–Crippen MR) is 88.9 cm³/mol. The maximum absolute atomic E-state index is 10.5. The van der Waals surface area contributed by atoms with Crippen LogP contribution in [-0.2, 0) is 12.8 Å². The summed E-state index contributed by atoms with van der Waals surface area (Å²) in [4.78, 5) is 0. The Morgan fingerprint density at radius 3 is 2.25 bits per heavy atom. The number of benzene rings is 1. The van der Waals surface area contributed by atoms with Crippen molar-refractivity contribution in [2.45, 2.75) is 44.6 Å². The summed E-state index contributed by atoms with van der Waals surface area (Å²) in [6.07, 6.45) is 6.60. The second kappa shape index (κ2) is 5.38. The van der Waals surface area contributed by atoms with Gasteiger partial charge in [-0.1, -0.05) is 35.5 Å². The van der Waals surface area contributed by atoms with Crippen LogP contribution in [-0.4, -0.2) is 31.8 Å². The summed E-state index contributed by atoms with van der Waals surface area (Å²) in [6.45, 7) is 0. The molecule has 0 unspecified atom stereocenters. The number of aromatic amines is 1. The number of rotatable bonds is 4. The molecule has 0 amide bonds. The quantitative estimate of drug-likeness (QED) is 0.905. The fourth-order valence-corrected chi connectivity index (χ4v) is 6.23. The second-order valence-corrected chi connectivity index (χ2v) is 8.25. The van der Waals surface area contributed by atoms with Gasteiger partial charge in [0.2, 0.25) is 0 Å². The van der Waals surface area contributed by atoms with Crippen LogP contribution in [0.5, 0.6) is 0 Å². The molecule has 0 atom stereocenters. The van der Waals surface area contributed by atoms with Crippen molar-refractivity contribution >= 4 is 0 Å². The molecule has 4 fully saturated rings. The Hall–Kier alpha value is -1.75. The van der Waals surface area contributed by atoms with Crippen molar-refractivity contribution in [3.8, 4) is 0 Å². The molecule has 0 spiro atoms. The standard InChI is InChI=1S/C19H24N4O/c24-18-13-6-15-8-14(18)9-16(7-13)19(15,11-17-20-22-23-21-17)10-12-4-2-1-3-5-12/h1-5,13-16,18,24H,6-11H2,(H,20,21,22,23). The Labute approximate surface area is 141 Å². The van der Waals surface area contributed by atoms with Gasteiger partial charge in [0.15, 0.2) is 5.82 Å². The molecule has 5 nitrogen and oxygen atoms in total. The van der Waals surface area contributed by atoms with Crippen molar-refractivity contribution < 1.29 is 5.11 Å². The molecule has 4 aliphatic rings. The lowest BCUT2D eigenvalue weighted by Gasteiger charge is -2.63. The van der Waals surface area contributed by atoms with Crippen LogP contribution < -0.4 is 0 Å². The van der Waals surface area contributed by atoms with Gasteiger partial charge in [-0.25, -0.2) is 0 Å². The molecule has 24 heavy (non-hydrogen) atoms. The lowest BCUT2D eigenvalue weighted by atomic mass is 9.42. The Morgan fingerprint density at radius 1 is 1.00 bits per heavy atom. The minimum Gasteiger partial charge on any atom is -0.393 e. The van der Waals surface area contributed by atoms with Gasteiger partial charge < -0.3 is 5.11 Å². The molecule has 1 aromatic carbocycles. The summed E-state index contributed by atoms with van der Waals surface area (Å²) in [5.74, 6) is 3.21. The van der Waals surface area contributed by atoms with Gasteiger partial charge in [0.25, 0.3) is 0 Å². The molecular weight excluding hydrogens is 300 g/mol. The first kappa shape index (κ1) is 14.6. The predicted octanol–water partition coefficient (Wildman–Crippen LogP) is 2.40. The van der Waals surface area contributed by atoms with Crippen LogP contribution in [0.1, 0.15) is 37.1 Å². The number of nitrogens with one attached hydrogen (secondary N) is 1. The number of H-pyrrole nitrogens is 1. The van der Waals surface area contributed by atoms with E-state index in [2.05, 4.69) is 51.0 Å². The van der Waals surface area contributed by atoms with Gasteiger partial charge in [0.1, 0.15) is 0 Å². The molecule has 5 heteroatoms. The highest BCUT2D eigenvalue weighted by molar-refractivity contribution is 5.21. The van der Waals surface area contributed by atoms with Gasteiger partial charge >= 0.3 is 0 Å². The van der Waals surface area contributed by atoms with E-state index in [1.54, 1.807) is 0 Å². The summed E-state index contributed by atoms with van der Waals surface area (Å²) in [7, 11) is 0. The summed E-state index contributed by atoms with van der Waals surface area (Å²) in [5, 5.41) is 25.4. The largest absolute Gasteiger partial charge is 0.393 e. The lowest BCUT2D eigenvalue weighted by molar-refractivity contribution is -0.166. The summed E-state index contributed by atoms with van der Waals surface area (Å²) < 4.78 is 0. The fraction of sp³-hybridized carbons (Fsp3) is 0.632. The van der Waals surface area contributed by atoms with E-state index in [4.69, 9.17) is 0 Å². The maximum atomic E-state index is 10.5. The minimum absolute atomic E-state index is 0.0580. The van der Waals surface area contributed by atoms with Crippen LogP contribution >= 0.6 is 0 Å². The van der Waals surface area contributed by atoms with Gasteiger partial charge in [0, 0.05) is 6.42 Å². The summed E-state index contributed by atoms with van der Waals surface area (Å²) in [5.41, 5.74) is 1.63. The van der Waals surface area contributed by atoms with Crippen molar-refractivity contribution in [3.63, 3.8) is 0 Å². The van der Waals surface area contributed by atoms with Crippen LogP contribution in [0.3, 0.4) is 0 Å². The van der Waals surface area contributed by atoms with E-state index >= 15 is 0 Å². The highest BCUT2D eigenvalue weighted by Gasteiger charge is 2.59. The molecule has 0 aliphatic heterocycles. The van der Waals surface area contributed by atoms with Crippen molar-refractivity contribution in [2.24, 2.45) is 29.1 Å². The number of aliphatic hydroxyl groups is 1. The molecular formula is C19H24N4O. The first-order chi connectivity index (χ1) is 11.7. The van der Waals surface area contributed by atoms with Gasteiger partial charge in [-0.05, 0) is 66.8 Å². The van der Waals surface area contributed by atoms with Crippen molar-refractivity contribution in [1.82, 2.24) is 20.6 Å². The van der Waals surface area contributed by atoms with Crippen molar-refractivity contribution in [1.29, 1.82) is 0 Å². The number of nitrogens with zero attached hydrogens (tertiary/aromatic N) is 3. The molecule has 2 aromatic rings. The monoisotopic (exact) mass is 324 g/mol. The number of aromatic nitrogens is 4. The molecule has 4 saturated carbocycles. The zero-order valence-corrected chi connectivity index (χ0v) is 13.8. The lowest BCUT2D eigenvalue weighted by Crippen LogP contribution is -2.59. The van der Waals surface area contributed by atoms with E-state index in [9.17, 15) is 5.11 Å². The van der Waals surface area contributed by atoms with Crippen LogP contribution in [0.15, 0.2) is 30.3 Å². The van der Waals surface area contributed by atoms with Crippen molar-refractivity contribution in [3.05, 3.63) is 41.7 Å². The van der Waals surface area contributed by atoms with Gasteiger partial charge in [-0.2, -0.15) is 5.21 Å². The Morgan fingerprint density at radius 2 is 1.67 bits per heavy atom. The zero-order valence-electron chi connectivity index (χ0n) is 13.8. The molecule has 126 valence electrons. The highest BCUT2D eigenvalue weighted by atomic mass is 16.3. The van der Waals surface area contributed by atoms with E-state index in [1.807, 2.05) is 0 Å². The molecule has 1 heterocycles. The minimum atomic E-state index is -0.0580. The van der Waals surface area contributed by atoms with E-state index in [0.29, 0.717) is 23.7 Å². The molecule has 6 rings (SSSR count). The highest BCUT2D eigenvalue weighted by Crippen LogP contribution is 2.64. The molecule has 1 aromatic heterocycles. The van der Waals surface area contributed by atoms with Crippen LogP contribution in [0.2, 0.25) is 0 Å². The third-order valence-electron chi connectivity index (χ3n) is 7.19. The van der Waals surface area contributed by atoms with E-state index in [-0.39, 0.29) is 11.5 Å². The molecule has 0 radical (unpaired) electrons. The topological polar surface area (TPSA) is 74.7 Å². The number of hydrogen-bond donors (Lipinski definition) is 2. The average Bonchev–Trinajstić information content (AvgIpc) is 3.07. The third kappa shape index (κ3) is 2.14. The zero-order chi connectivity index (χ0) is 16.1. The third-order valence-corrected chi connectivity index (χ3v) is 7.19. The maximum Gasteiger partial charge on any atom is 0.175 e. The Bertz CT molecular complexity index is 669. The van der Waals surface area contributed by atoms with Crippen molar-refractivity contribution in [2.75, 3.05) is 0 Å². The smallest absolute Gasteiger partial charge is 0.175 e. The number of hydrogen-bond acceptors (Lipinski definition) is 4. The first-order valence-electron chi connectivity index (χ1n) is 9.19. The van der Waals surface area contributed by atoms with Crippen LogP contribution in [0.4, 0.5) is 0 Å². The van der Waals surface area contributed by atoms with Crippen LogP contribution in [0, 0.1) is 29.1 Å². The summed E-state index contributed by atoms with van der Waals surface area (Å²) >= 11 is 0. The number of aliphatic hydroxyl groups excluding tert-OH is 1. The van der Waals surface area contributed by atoms with E-state index < -0.39 is 0 Å². The molecule has 4 aliphatic carbocycles. The SMILES string of the molecule is OC1C2CC3CC1CC(C2)C3(Cc1ccccc1)Cc1nn[nH]n1. The second-order valence-electron chi connectivity index (χ2n) is 8.25. The van der Waals surface area contributed by atoms with E-state index in [0.717, 1.165) is 18.7 Å². The van der Waals surface area contributed by atoms with Crippen LogP contribution in [0.25, 0.3) is 0 Å². The molecule has 2 N–H and O–H groups in total. The van der Waals surface area contributed by atoms with E-state index in [1.165, 1.54) is 31.2 Å². The van der Waals surface area contributed by atoms with Gasteiger partial charge in [0.05, 0.1) is 6.10 Å². The molecule has 0 saturated heterocycles. The fourth-order valence-electron chi connectivity index (χ4n) is 6.23. The van der Waals surface area contributed by atoms with Gasteiger partial charge in [-0.3, -0.25) is 0 Å². The van der Waals surface area contributed by atoms with Gasteiger partial charge in [-0.15, -0.1) is 10.2 Å². The molecule has 4 bridgehead atoms. The Kier molecular flexibility index (Phi) is 3.27. The summed E-state index contributed by atoms with van der Waals surface area (Å²) in [6, 6.07) is 10.9. The first-order valence-corrected chi connectivity index (χ1v) is 9.19. The average molecular weight is 324 g/mol.